The van der Waals surface area contributed by atoms with E-state index in [-0.39, 0.29) is 11.9 Å². The normalized spacial score (nSPS) is 15.7. The maximum atomic E-state index is 13.7. The highest BCUT2D eigenvalue weighted by molar-refractivity contribution is 7.10. The average Bonchev–Trinajstić information content (AvgIpc) is 3.39. The highest BCUT2D eigenvalue weighted by Crippen LogP contribution is 2.38. The van der Waals surface area contributed by atoms with Crippen molar-refractivity contribution in [3.8, 4) is 6.07 Å². The Morgan fingerprint density at radius 2 is 2.07 bits per heavy atom. The topological polar surface area (TPSA) is 49.0 Å². The maximum Gasteiger partial charge on any atom is 0.256 e. The summed E-state index contributed by atoms with van der Waals surface area (Å²) >= 11 is 1.72. The first-order chi connectivity index (χ1) is 14.7. The predicted molar refractivity (Wildman–Crippen MR) is 120 cm³/mol. The van der Waals surface area contributed by atoms with Crippen LogP contribution in [-0.4, -0.2) is 21.9 Å². The molecule has 1 aliphatic heterocycles. The van der Waals surface area contributed by atoms with Crippen molar-refractivity contribution in [3.05, 3.63) is 93.3 Å². The lowest BCUT2D eigenvalue weighted by atomic mass is 9.94. The number of benzene rings is 2. The molecule has 1 atom stereocenters. The molecule has 0 fully saturated rings. The van der Waals surface area contributed by atoms with Crippen LogP contribution in [-0.2, 0) is 19.9 Å². The van der Waals surface area contributed by atoms with Gasteiger partial charge in [-0.25, -0.2) is 0 Å². The van der Waals surface area contributed by atoms with E-state index in [1.54, 1.807) is 11.3 Å². The third-order valence-corrected chi connectivity index (χ3v) is 7.02. The highest BCUT2D eigenvalue weighted by atomic mass is 32.1. The number of fused-ring (bicyclic) bond motifs is 2. The van der Waals surface area contributed by atoms with Gasteiger partial charge in [0.1, 0.15) is 0 Å². The lowest BCUT2D eigenvalue weighted by Crippen LogP contribution is -2.40. The van der Waals surface area contributed by atoms with E-state index in [0.29, 0.717) is 18.5 Å². The lowest BCUT2D eigenvalue weighted by molar-refractivity contribution is 0.0666. The Balaban J connectivity index is 1.55. The molecule has 1 unspecified atom stereocenters. The Kier molecular flexibility index (Phi) is 4.65. The van der Waals surface area contributed by atoms with Gasteiger partial charge >= 0.3 is 0 Å². The number of carbonyl (C=O) groups is 1. The van der Waals surface area contributed by atoms with Crippen molar-refractivity contribution in [1.82, 2.24) is 9.47 Å². The van der Waals surface area contributed by atoms with E-state index in [4.69, 9.17) is 0 Å². The van der Waals surface area contributed by atoms with Crippen molar-refractivity contribution >= 4 is 28.1 Å². The molecular weight excluding hydrogens is 390 g/mol. The Hall–Kier alpha value is -3.36. The SMILES string of the molecule is Cn1cc(C(=O)N2CCc3ccsc3C2Cc2cccc(C#N)c2)c2ccccc21. The molecule has 5 heteroatoms. The van der Waals surface area contributed by atoms with Crippen molar-refractivity contribution in [3.63, 3.8) is 0 Å². The first-order valence-corrected chi connectivity index (χ1v) is 10.9. The molecule has 2 aromatic heterocycles. The molecule has 2 aromatic carbocycles. The lowest BCUT2D eigenvalue weighted by Gasteiger charge is -2.36. The van der Waals surface area contributed by atoms with Crippen LogP contribution in [0.4, 0.5) is 0 Å². The summed E-state index contributed by atoms with van der Waals surface area (Å²) in [5.41, 5.74) is 4.89. The molecule has 4 aromatic rings. The number of rotatable bonds is 3. The van der Waals surface area contributed by atoms with Gasteiger partial charge in [-0.3, -0.25) is 4.79 Å². The second-order valence-corrected chi connectivity index (χ2v) is 8.71. The zero-order chi connectivity index (χ0) is 20.7. The molecule has 0 radical (unpaired) electrons. The van der Waals surface area contributed by atoms with Crippen molar-refractivity contribution in [2.45, 2.75) is 18.9 Å². The van der Waals surface area contributed by atoms with Crippen LogP contribution in [0.5, 0.6) is 0 Å². The van der Waals surface area contributed by atoms with Gasteiger partial charge in [-0.05, 0) is 53.6 Å². The maximum absolute atomic E-state index is 13.7. The summed E-state index contributed by atoms with van der Waals surface area (Å²) in [6.07, 6.45) is 3.54. The average molecular weight is 412 g/mol. The highest BCUT2D eigenvalue weighted by Gasteiger charge is 2.33. The quantitative estimate of drug-likeness (QED) is 0.471. The molecule has 0 spiro atoms. The van der Waals surface area contributed by atoms with Crippen molar-refractivity contribution < 1.29 is 4.79 Å². The fraction of sp³-hybridized carbons (Fsp3) is 0.200. The minimum absolute atomic E-state index is 0.0193. The Labute approximate surface area is 179 Å². The number of para-hydroxylation sites is 1. The van der Waals surface area contributed by atoms with Crippen LogP contribution in [0.1, 0.15) is 38.0 Å². The summed E-state index contributed by atoms with van der Waals surface area (Å²) in [5, 5.41) is 12.4. The first kappa shape index (κ1) is 18.7. The smallest absolute Gasteiger partial charge is 0.256 e. The summed E-state index contributed by atoms with van der Waals surface area (Å²) in [6.45, 7) is 0.703. The van der Waals surface area contributed by atoms with E-state index in [2.05, 4.69) is 17.5 Å². The van der Waals surface area contributed by atoms with Gasteiger partial charge in [0.25, 0.3) is 5.91 Å². The minimum atomic E-state index is -0.0193. The van der Waals surface area contributed by atoms with Crippen LogP contribution in [0, 0.1) is 11.3 Å². The number of aryl methyl sites for hydroxylation is 1. The second-order valence-electron chi connectivity index (χ2n) is 7.76. The molecule has 30 heavy (non-hydrogen) atoms. The van der Waals surface area contributed by atoms with Gasteiger partial charge in [-0.1, -0.05) is 30.3 Å². The number of aromatic nitrogens is 1. The van der Waals surface area contributed by atoms with Gasteiger partial charge < -0.3 is 9.47 Å². The Morgan fingerprint density at radius 1 is 1.20 bits per heavy atom. The number of nitriles is 1. The van der Waals surface area contributed by atoms with Crippen LogP contribution >= 0.6 is 11.3 Å². The molecule has 3 heterocycles. The number of thiophene rings is 1. The molecule has 0 saturated heterocycles. The summed E-state index contributed by atoms with van der Waals surface area (Å²) in [6, 6.07) is 20.1. The van der Waals surface area contributed by atoms with E-state index in [1.807, 2.05) is 71.2 Å². The van der Waals surface area contributed by atoms with Crippen molar-refractivity contribution in [2.24, 2.45) is 7.05 Å². The monoisotopic (exact) mass is 411 g/mol. The molecule has 1 amide bonds. The van der Waals surface area contributed by atoms with E-state index >= 15 is 0 Å². The third kappa shape index (κ3) is 3.10. The van der Waals surface area contributed by atoms with E-state index in [0.717, 1.165) is 28.5 Å². The molecule has 0 saturated carbocycles. The van der Waals surface area contributed by atoms with Crippen LogP contribution < -0.4 is 0 Å². The summed E-state index contributed by atoms with van der Waals surface area (Å²) < 4.78 is 2.02. The van der Waals surface area contributed by atoms with Crippen LogP contribution in [0.25, 0.3) is 10.9 Å². The zero-order valence-corrected chi connectivity index (χ0v) is 17.5. The van der Waals surface area contributed by atoms with Crippen LogP contribution in [0.2, 0.25) is 0 Å². The number of nitrogens with zero attached hydrogens (tertiary/aromatic N) is 3. The van der Waals surface area contributed by atoms with Gasteiger partial charge in [0.2, 0.25) is 0 Å². The zero-order valence-electron chi connectivity index (χ0n) is 16.7. The van der Waals surface area contributed by atoms with Gasteiger partial charge in [-0.2, -0.15) is 5.26 Å². The molecule has 1 aliphatic rings. The summed E-state index contributed by atoms with van der Waals surface area (Å²) in [4.78, 5) is 17.0. The van der Waals surface area contributed by atoms with Gasteiger partial charge in [0.15, 0.2) is 0 Å². The summed E-state index contributed by atoms with van der Waals surface area (Å²) in [5.74, 6) is 0.0762. The third-order valence-electron chi connectivity index (χ3n) is 5.96. The number of hydrogen-bond acceptors (Lipinski definition) is 3. The van der Waals surface area contributed by atoms with Crippen LogP contribution in [0.15, 0.2) is 66.2 Å². The molecule has 4 nitrogen and oxygen atoms in total. The number of amides is 1. The predicted octanol–water partition coefficient (Wildman–Crippen LogP) is 5.09. The van der Waals surface area contributed by atoms with Gasteiger partial charge in [0.05, 0.1) is 23.2 Å². The van der Waals surface area contributed by atoms with E-state index in [9.17, 15) is 10.1 Å². The van der Waals surface area contributed by atoms with E-state index in [1.165, 1.54) is 10.4 Å². The van der Waals surface area contributed by atoms with Crippen molar-refractivity contribution in [1.29, 1.82) is 5.26 Å². The number of carbonyl (C=O) groups excluding carboxylic acids is 1. The van der Waals surface area contributed by atoms with Gasteiger partial charge in [0, 0.05) is 35.6 Å². The molecule has 0 bridgehead atoms. The van der Waals surface area contributed by atoms with Gasteiger partial charge in [-0.15, -0.1) is 11.3 Å². The van der Waals surface area contributed by atoms with Crippen molar-refractivity contribution in [2.75, 3.05) is 6.54 Å². The first-order valence-electron chi connectivity index (χ1n) is 10.1. The molecule has 0 N–H and O–H groups in total. The summed E-state index contributed by atoms with van der Waals surface area (Å²) in [7, 11) is 1.98. The minimum Gasteiger partial charge on any atom is -0.350 e. The van der Waals surface area contributed by atoms with E-state index < -0.39 is 0 Å². The molecule has 5 rings (SSSR count). The van der Waals surface area contributed by atoms with Crippen LogP contribution in [0.3, 0.4) is 0 Å². The molecule has 0 aliphatic carbocycles. The second kappa shape index (κ2) is 7.47. The fourth-order valence-corrected chi connectivity index (χ4v) is 5.56. The molecule has 148 valence electrons. The Bertz CT molecular complexity index is 1290. The fourth-order valence-electron chi connectivity index (χ4n) is 4.49. The standard InChI is InChI=1S/C25H21N3OS/c1-27-16-21(20-7-2-3-8-22(20)27)25(29)28-11-9-19-10-12-30-24(19)23(28)14-17-5-4-6-18(13-17)15-26/h2-8,10,12-13,16,23H,9,11,14H2,1H3. The Morgan fingerprint density at radius 3 is 2.93 bits per heavy atom. The molecular formula is C25H21N3OS. The largest absolute Gasteiger partial charge is 0.350 e. The number of hydrogen-bond donors (Lipinski definition) is 0.